The molecule has 0 bridgehead atoms. The molecule has 1 saturated heterocycles. The maximum atomic E-state index is 12.0. The Hall–Kier alpha value is -1.40. The Bertz CT molecular complexity index is 546. The van der Waals surface area contributed by atoms with Gasteiger partial charge in [-0.1, -0.05) is 6.42 Å². The Morgan fingerprint density at radius 1 is 1.11 bits per heavy atom. The molecule has 1 amide bonds. The van der Waals surface area contributed by atoms with Gasteiger partial charge in [0.1, 0.15) is 0 Å². The van der Waals surface area contributed by atoms with E-state index >= 15 is 0 Å². The molecule has 6 heteroatoms. The first-order chi connectivity index (χ1) is 8.97. The number of hydrazine groups is 1. The monoisotopic (exact) mass is 282 g/mol. The molecule has 0 atom stereocenters. The van der Waals surface area contributed by atoms with Gasteiger partial charge in [-0.05, 0) is 37.1 Å². The molecular weight excluding hydrogens is 264 g/mol. The summed E-state index contributed by atoms with van der Waals surface area (Å²) < 4.78 is 22.6. The van der Waals surface area contributed by atoms with Crippen LogP contribution in [0.5, 0.6) is 0 Å². The molecule has 0 unspecified atom stereocenters. The summed E-state index contributed by atoms with van der Waals surface area (Å²) in [7, 11) is -3.21. The molecule has 1 aromatic rings. The molecule has 19 heavy (non-hydrogen) atoms. The fraction of sp³-hybridized carbons (Fsp3) is 0.462. The molecule has 2 rings (SSSR count). The first kappa shape index (κ1) is 14.0. The van der Waals surface area contributed by atoms with Gasteiger partial charge in [-0.2, -0.15) is 0 Å². The second-order valence-electron chi connectivity index (χ2n) is 4.79. The van der Waals surface area contributed by atoms with Crippen molar-refractivity contribution in [3.63, 3.8) is 0 Å². The predicted octanol–water partition coefficient (Wildman–Crippen LogP) is 1.22. The largest absolute Gasteiger partial charge is 0.285 e. The highest BCUT2D eigenvalue weighted by Crippen LogP contribution is 2.11. The molecule has 1 aliphatic rings. The molecule has 1 N–H and O–H groups in total. The second-order valence-corrected chi connectivity index (χ2v) is 6.80. The van der Waals surface area contributed by atoms with E-state index in [9.17, 15) is 13.2 Å². The van der Waals surface area contributed by atoms with E-state index in [-0.39, 0.29) is 10.8 Å². The lowest BCUT2D eigenvalue weighted by molar-refractivity contribution is 0.0750. The van der Waals surface area contributed by atoms with Crippen LogP contribution in [-0.4, -0.2) is 38.7 Å². The number of rotatable bonds is 3. The molecule has 0 radical (unpaired) electrons. The molecule has 0 spiro atoms. The average molecular weight is 282 g/mol. The topological polar surface area (TPSA) is 66.5 Å². The second kappa shape index (κ2) is 5.71. The minimum Gasteiger partial charge on any atom is -0.285 e. The van der Waals surface area contributed by atoms with Crippen LogP contribution in [0.15, 0.2) is 29.2 Å². The van der Waals surface area contributed by atoms with Crippen molar-refractivity contribution >= 4 is 15.7 Å². The molecule has 1 aromatic carbocycles. The number of nitrogens with one attached hydrogen (secondary N) is 1. The van der Waals surface area contributed by atoms with Gasteiger partial charge in [0.25, 0.3) is 5.91 Å². The molecular formula is C13H18N2O3S. The highest BCUT2D eigenvalue weighted by molar-refractivity contribution is 7.90. The van der Waals surface area contributed by atoms with Gasteiger partial charge in [0.2, 0.25) is 0 Å². The highest BCUT2D eigenvalue weighted by Gasteiger charge is 2.14. The quantitative estimate of drug-likeness (QED) is 0.905. The molecule has 5 nitrogen and oxygen atoms in total. The smallest absolute Gasteiger partial charge is 0.265 e. The first-order valence-electron chi connectivity index (χ1n) is 6.33. The van der Waals surface area contributed by atoms with Gasteiger partial charge < -0.3 is 0 Å². The van der Waals surface area contributed by atoms with Crippen LogP contribution in [0.2, 0.25) is 0 Å². The molecule has 104 valence electrons. The van der Waals surface area contributed by atoms with Crippen molar-refractivity contribution < 1.29 is 13.2 Å². The Morgan fingerprint density at radius 2 is 1.68 bits per heavy atom. The number of benzene rings is 1. The van der Waals surface area contributed by atoms with E-state index in [1.807, 2.05) is 5.01 Å². The third-order valence-corrected chi connectivity index (χ3v) is 4.29. The van der Waals surface area contributed by atoms with Crippen LogP contribution in [0.4, 0.5) is 0 Å². The summed E-state index contributed by atoms with van der Waals surface area (Å²) in [5.74, 6) is -0.193. The minimum atomic E-state index is -3.21. The van der Waals surface area contributed by atoms with E-state index in [4.69, 9.17) is 0 Å². The van der Waals surface area contributed by atoms with E-state index < -0.39 is 9.84 Å². The van der Waals surface area contributed by atoms with Gasteiger partial charge in [-0.15, -0.1) is 0 Å². The molecule has 1 aliphatic heterocycles. The zero-order valence-electron chi connectivity index (χ0n) is 10.9. The number of nitrogens with zero attached hydrogens (tertiary/aromatic N) is 1. The normalized spacial score (nSPS) is 17.1. The standard InChI is InChI=1S/C13H18N2O3S/c1-19(17,18)12-7-5-11(6-8-12)13(16)14-15-9-3-2-4-10-15/h5-8H,2-4,9-10H2,1H3,(H,14,16). The average Bonchev–Trinajstić information content (AvgIpc) is 2.39. The van der Waals surface area contributed by atoms with Gasteiger partial charge in [0.05, 0.1) is 4.90 Å². The number of sulfone groups is 1. The maximum Gasteiger partial charge on any atom is 0.265 e. The summed E-state index contributed by atoms with van der Waals surface area (Å²) in [4.78, 5) is 12.2. The zero-order chi connectivity index (χ0) is 13.9. The van der Waals surface area contributed by atoms with Crippen molar-refractivity contribution in [2.24, 2.45) is 0 Å². The molecule has 1 fully saturated rings. The van der Waals surface area contributed by atoms with Gasteiger partial charge in [-0.25, -0.2) is 13.4 Å². The van der Waals surface area contributed by atoms with E-state index in [1.54, 1.807) is 0 Å². The third-order valence-electron chi connectivity index (χ3n) is 3.16. The van der Waals surface area contributed by atoms with Crippen LogP contribution < -0.4 is 5.43 Å². The van der Waals surface area contributed by atoms with Gasteiger partial charge in [-0.3, -0.25) is 10.2 Å². The zero-order valence-corrected chi connectivity index (χ0v) is 11.7. The highest BCUT2D eigenvalue weighted by atomic mass is 32.2. The molecule has 1 heterocycles. The van der Waals surface area contributed by atoms with Crippen molar-refractivity contribution in [1.82, 2.24) is 10.4 Å². The molecule has 0 aliphatic carbocycles. The predicted molar refractivity (Wildman–Crippen MR) is 72.4 cm³/mol. The summed E-state index contributed by atoms with van der Waals surface area (Å²) in [5.41, 5.74) is 3.31. The van der Waals surface area contributed by atoms with Crippen LogP contribution in [0.1, 0.15) is 29.6 Å². The summed E-state index contributed by atoms with van der Waals surface area (Å²) in [6.07, 6.45) is 4.53. The fourth-order valence-corrected chi connectivity index (χ4v) is 2.70. The van der Waals surface area contributed by atoms with Crippen LogP contribution in [0, 0.1) is 0 Å². The first-order valence-corrected chi connectivity index (χ1v) is 8.22. The van der Waals surface area contributed by atoms with E-state index in [0.717, 1.165) is 32.2 Å². The number of hydrogen-bond donors (Lipinski definition) is 1. The van der Waals surface area contributed by atoms with Crippen molar-refractivity contribution in [2.75, 3.05) is 19.3 Å². The summed E-state index contributed by atoms with van der Waals surface area (Å²) >= 11 is 0. The van der Waals surface area contributed by atoms with Crippen molar-refractivity contribution in [3.8, 4) is 0 Å². The van der Waals surface area contributed by atoms with Crippen molar-refractivity contribution in [2.45, 2.75) is 24.2 Å². The summed E-state index contributed by atoms with van der Waals surface area (Å²) in [6, 6.07) is 5.99. The number of hydrogen-bond acceptors (Lipinski definition) is 4. The number of amides is 1. The molecule has 0 saturated carbocycles. The lowest BCUT2D eigenvalue weighted by Crippen LogP contribution is -2.45. The van der Waals surface area contributed by atoms with Crippen LogP contribution >= 0.6 is 0 Å². The van der Waals surface area contributed by atoms with Crippen LogP contribution in [0.25, 0.3) is 0 Å². The van der Waals surface area contributed by atoms with Crippen molar-refractivity contribution in [1.29, 1.82) is 0 Å². The number of piperidine rings is 1. The minimum absolute atomic E-state index is 0.193. The van der Waals surface area contributed by atoms with E-state index in [1.165, 1.54) is 30.7 Å². The third kappa shape index (κ3) is 3.78. The lowest BCUT2D eigenvalue weighted by atomic mass is 10.1. The van der Waals surface area contributed by atoms with Crippen molar-refractivity contribution in [3.05, 3.63) is 29.8 Å². The van der Waals surface area contributed by atoms with E-state index in [0.29, 0.717) is 5.56 Å². The van der Waals surface area contributed by atoms with Crippen LogP contribution in [0.3, 0.4) is 0 Å². The number of carbonyl (C=O) groups excluding carboxylic acids is 1. The Morgan fingerprint density at radius 3 is 2.21 bits per heavy atom. The number of carbonyl (C=O) groups is 1. The SMILES string of the molecule is CS(=O)(=O)c1ccc(C(=O)NN2CCCCC2)cc1. The maximum absolute atomic E-state index is 12.0. The van der Waals surface area contributed by atoms with Gasteiger partial charge >= 0.3 is 0 Å². The molecule has 0 aromatic heterocycles. The van der Waals surface area contributed by atoms with E-state index in [2.05, 4.69) is 5.43 Å². The Balaban J connectivity index is 2.03. The Kier molecular flexibility index (Phi) is 4.21. The Labute approximate surface area is 113 Å². The van der Waals surface area contributed by atoms with Gasteiger partial charge in [0.15, 0.2) is 9.84 Å². The summed E-state index contributed by atoms with van der Waals surface area (Å²) in [6.45, 7) is 1.74. The van der Waals surface area contributed by atoms with Crippen LogP contribution in [-0.2, 0) is 9.84 Å². The lowest BCUT2D eigenvalue weighted by Gasteiger charge is -2.26. The summed E-state index contributed by atoms with van der Waals surface area (Å²) in [5, 5.41) is 1.91. The van der Waals surface area contributed by atoms with Gasteiger partial charge in [0, 0.05) is 24.9 Å². The fourth-order valence-electron chi connectivity index (χ4n) is 2.07.